The number of hydrogen-bond acceptors (Lipinski definition) is 3. The molecule has 2 unspecified atom stereocenters. The molecule has 1 amide bonds. The normalized spacial score (nSPS) is 22.1. The molecule has 1 aliphatic rings. The first-order chi connectivity index (χ1) is 8.15. The summed E-state index contributed by atoms with van der Waals surface area (Å²) in [5.74, 6) is 1.41. The van der Waals surface area contributed by atoms with Gasteiger partial charge in [0.25, 0.3) is 0 Å². The van der Waals surface area contributed by atoms with Crippen molar-refractivity contribution in [1.29, 1.82) is 0 Å². The number of methoxy groups -OCH3 is 1. The molecule has 2 atom stereocenters. The minimum absolute atomic E-state index is 0.0799. The molecule has 4 heteroatoms. The van der Waals surface area contributed by atoms with Gasteiger partial charge in [-0.25, -0.2) is 0 Å². The van der Waals surface area contributed by atoms with E-state index in [1.165, 1.54) is 0 Å². The molecule has 92 valence electrons. The van der Waals surface area contributed by atoms with E-state index in [1.807, 2.05) is 18.2 Å². The number of hydrogen-bond donors (Lipinski definition) is 2. The third-order valence-electron chi connectivity index (χ3n) is 3.21. The van der Waals surface area contributed by atoms with E-state index in [9.17, 15) is 4.79 Å². The number of ether oxygens (including phenoxy) is 1. The third-order valence-corrected chi connectivity index (χ3v) is 3.21. The standard InChI is InChI=1S/C13H18N2O2/c1-8-5-10(8)13(16)15-11-4-3-9(7-14)6-12(11)17-2/h3-4,6,8,10H,5,7,14H2,1-2H3,(H,15,16). The minimum atomic E-state index is 0.0799. The van der Waals surface area contributed by atoms with Crippen LogP contribution in [0, 0.1) is 11.8 Å². The maximum absolute atomic E-state index is 11.8. The summed E-state index contributed by atoms with van der Waals surface area (Å²) in [5, 5.41) is 2.90. The van der Waals surface area contributed by atoms with Crippen LogP contribution in [0.5, 0.6) is 5.75 Å². The fraction of sp³-hybridized carbons (Fsp3) is 0.462. The lowest BCUT2D eigenvalue weighted by Gasteiger charge is -2.11. The van der Waals surface area contributed by atoms with Gasteiger partial charge in [0.15, 0.2) is 0 Å². The SMILES string of the molecule is COc1cc(CN)ccc1NC(=O)C1CC1C. The lowest BCUT2D eigenvalue weighted by Crippen LogP contribution is -2.15. The highest BCUT2D eigenvalue weighted by atomic mass is 16.5. The molecule has 0 heterocycles. The van der Waals surface area contributed by atoms with Crippen molar-refractivity contribution in [3.05, 3.63) is 23.8 Å². The lowest BCUT2D eigenvalue weighted by atomic mass is 10.2. The highest BCUT2D eigenvalue weighted by Gasteiger charge is 2.39. The van der Waals surface area contributed by atoms with E-state index in [1.54, 1.807) is 7.11 Å². The van der Waals surface area contributed by atoms with E-state index in [2.05, 4.69) is 12.2 Å². The predicted octanol–water partition coefficient (Wildman–Crippen LogP) is 1.75. The van der Waals surface area contributed by atoms with Gasteiger partial charge in [-0.3, -0.25) is 4.79 Å². The maximum Gasteiger partial charge on any atom is 0.227 e. The van der Waals surface area contributed by atoms with Crippen LogP contribution >= 0.6 is 0 Å². The molecule has 4 nitrogen and oxygen atoms in total. The van der Waals surface area contributed by atoms with Gasteiger partial charge in [-0.15, -0.1) is 0 Å². The summed E-state index contributed by atoms with van der Waals surface area (Å²) in [6, 6.07) is 5.59. The molecule has 1 aromatic carbocycles. The largest absolute Gasteiger partial charge is 0.495 e. The number of carbonyl (C=O) groups excluding carboxylic acids is 1. The van der Waals surface area contributed by atoms with Crippen molar-refractivity contribution in [1.82, 2.24) is 0 Å². The molecule has 0 aliphatic heterocycles. The highest BCUT2D eigenvalue weighted by molar-refractivity contribution is 5.95. The average molecular weight is 234 g/mol. The summed E-state index contributed by atoms with van der Waals surface area (Å²) in [5.41, 5.74) is 7.26. The molecule has 1 fully saturated rings. The highest BCUT2D eigenvalue weighted by Crippen LogP contribution is 2.39. The molecule has 3 N–H and O–H groups in total. The van der Waals surface area contributed by atoms with Gasteiger partial charge in [-0.2, -0.15) is 0 Å². The first-order valence-electron chi connectivity index (χ1n) is 5.83. The zero-order valence-corrected chi connectivity index (χ0v) is 10.2. The topological polar surface area (TPSA) is 64.3 Å². The molecular weight excluding hydrogens is 216 g/mol. The van der Waals surface area contributed by atoms with Crippen molar-refractivity contribution in [2.24, 2.45) is 17.6 Å². The van der Waals surface area contributed by atoms with E-state index in [0.717, 1.165) is 12.0 Å². The fourth-order valence-corrected chi connectivity index (χ4v) is 1.88. The van der Waals surface area contributed by atoms with Crippen molar-refractivity contribution >= 4 is 11.6 Å². The Morgan fingerprint density at radius 1 is 1.59 bits per heavy atom. The molecule has 0 spiro atoms. The first-order valence-corrected chi connectivity index (χ1v) is 5.83. The summed E-state index contributed by atoms with van der Waals surface area (Å²) >= 11 is 0. The number of nitrogens with two attached hydrogens (primary N) is 1. The summed E-state index contributed by atoms with van der Waals surface area (Å²) in [7, 11) is 1.59. The molecule has 1 saturated carbocycles. The molecule has 2 rings (SSSR count). The first kappa shape index (κ1) is 11.9. The smallest absolute Gasteiger partial charge is 0.227 e. The lowest BCUT2D eigenvalue weighted by molar-refractivity contribution is -0.117. The van der Waals surface area contributed by atoms with Gasteiger partial charge in [-0.05, 0) is 30.0 Å². The summed E-state index contributed by atoms with van der Waals surface area (Å²) in [4.78, 5) is 11.8. The zero-order valence-electron chi connectivity index (χ0n) is 10.2. The van der Waals surface area contributed by atoms with Crippen LogP contribution in [-0.4, -0.2) is 13.0 Å². The zero-order chi connectivity index (χ0) is 12.4. The van der Waals surface area contributed by atoms with Gasteiger partial charge in [0.1, 0.15) is 5.75 Å². The Kier molecular flexibility index (Phi) is 3.33. The Morgan fingerprint density at radius 3 is 2.82 bits per heavy atom. The second kappa shape index (κ2) is 4.75. The van der Waals surface area contributed by atoms with Crippen LogP contribution in [0.1, 0.15) is 18.9 Å². The van der Waals surface area contributed by atoms with Crippen molar-refractivity contribution < 1.29 is 9.53 Å². The predicted molar refractivity (Wildman–Crippen MR) is 66.8 cm³/mol. The second-order valence-electron chi connectivity index (χ2n) is 4.55. The van der Waals surface area contributed by atoms with E-state index in [4.69, 9.17) is 10.5 Å². The molecule has 1 aromatic rings. The monoisotopic (exact) mass is 234 g/mol. The number of nitrogens with one attached hydrogen (secondary N) is 1. The maximum atomic E-state index is 11.8. The number of amides is 1. The average Bonchev–Trinajstić information content (AvgIpc) is 3.07. The second-order valence-corrected chi connectivity index (χ2v) is 4.55. The van der Waals surface area contributed by atoms with Gasteiger partial charge < -0.3 is 15.8 Å². The van der Waals surface area contributed by atoms with Crippen LogP contribution in [0.4, 0.5) is 5.69 Å². The van der Waals surface area contributed by atoms with Crippen LogP contribution in [0.2, 0.25) is 0 Å². The van der Waals surface area contributed by atoms with Crippen LogP contribution in [-0.2, 0) is 11.3 Å². The fourth-order valence-electron chi connectivity index (χ4n) is 1.88. The van der Waals surface area contributed by atoms with Crippen molar-refractivity contribution in [3.8, 4) is 5.75 Å². The van der Waals surface area contributed by atoms with Crippen LogP contribution in [0.25, 0.3) is 0 Å². The molecule has 17 heavy (non-hydrogen) atoms. The van der Waals surface area contributed by atoms with E-state index in [0.29, 0.717) is 23.9 Å². The number of rotatable bonds is 4. The Hall–Kier alpha value is -1.55. The minimum Gasteiger partial charge on any atom is -0.495 e. The Labute approximate surface area is 101 Å². The number of anilines is 1. The van der Waals surface area contributed by atoms with Gasteiger partial charge in [0.05, 0.1) is 12.8 Å². The van der Waals surface area contributed by atoms with Crippen LogP contribution in [0.3, 0.4) is 0 Å². The Balaban J connectivity index is 2.12. The summed E-state index contributed by atoms with van der Waals surface area (Å²) in [6.07, 6.45) is 0.981. The van der Waals surface area contributed by atoms with Crippen LogP contribution in [0.15, 0.2) is 18.2 Å². The molecular formula is C13H18N2O2. The van der Waals surface area contributed by atoms with Gasteiger partial charge in [-0.1, -0.05) is 13.0 Å². The molecule has 0 saturated heterocycles. The number of benzene rings is 1. The quantitative estimate of drug-likeness (QED) is 0.834. The van der Waals surface area contributed by atoms with E-state index >= 15 is 0 Å². The third kappa shape index (κ3) is 2.58. The summed E-state index contributed by atoms with van der Waals surface area (Å²) < 4.78 is 5.25. The Bertz CT molecular complexity index is 431. The van der Waals surface area contributed by atoms with E-state index < -0.39 is 0 Å². The van der Waals surface area contributed by atoms with Crippen molar-refractivity contribution in [3.63, 3.8) is 0 Å². The molecule has 0 aromatic heterocycles. The molecule has 1 aliphatic carbocycles. The van der Waals surface area contributed by atoms with E-state index in [-0.39, 0.29) is 11.8 Å². The Morgan fingerprint density at radius 2 is 2.29 bits per heavy atom. The summed E-state index contributed by atoms with van der Waals surface area (Å²) in [6.45, 7) is 2.54. The van der Waals surface area contributed by atoms with Gasteiger partial charge >= 0.3 is 0 Å². The van der Waals surface area contributed by atoms with Gasteiger partial charge in [0, 0.05) is 12.5 Å². The van der Waals surface area contributed by atoms with Gasteiger partial charge in [0.2, 0.25) is 5.91 Å². The molecule has 0 bridgehead atoms. The number of carbonyl (C=O) groups is 1. The van der Waals surface area contributed by atoms with Crippen molar-refractivity contribution in [2.45, 2.75) is 19.9 Å². The van der Waals surface area contributed by atoms with Crippen molar-refractivity contribution in [2.75, 3.05) is 12.4 Å². The van der Waals surface area contributed by atoms with Crippen LogP contribution < -0.4 is 15.8 Å². The molecule has 0 radical (unpaired) electrons.